The van der Waals surface area contributed by atoms with Crippen LogP contribution >= 0.6 is 11.9 Å². The zero-order valence-electron chi connectivity index (χ0n) is 19.1. The van der Waals surface area contributed by atoms with Gasteiger partial charge in [-0.15, -0.1) is 0 Å². The van der Waals surface area contributed by atoms with Gasteiger partial charge in [-0.2, -0.15) is 0 Å². The second-order valence-corrected chi connectivity index (χ2v) is 12.0. The summed E-state index contributed by atoms with van der Waals surface area (Å²) >= 11 is 0.798. The number of rotatable bonds is 5. The molecule has 1 amide bonds. The van der Waals surface area contributed by atoms with Crippen molar-refractivity contribution in [3.8, 4) is 0 Å². The first-order valence-electron chi connectivity index (χ1n) is 12.6. The lowest BCUT2D eigenvalue weighted by Gasteiger charge is -2.62. The van der Waals surface area contributed by atoms with Crippen LogP contribution < -0.4 is 10.5 Å². The number of nitrogens with two attached hydrogens (primary N) is 1. The Labute approximate surface area is 183 Å². The molecular formula is C25H44N2OS. The van der Waals surface area contributed by atoms with E-state index in [1.807, 2.05) is 0 Å². The lowest BCUT2D eigenvalue weighted by Crippen LogP contribution is -2.55. The SMILES string of the molecule is CC[C@H]1CC2C3CCC(CCCNC(=O)SN)C3(C)CC[C@@H]2C2(C)CCCCC12. The van der Waals surface area contributed by atoms with Gasteiger partial charge in [0.25, 0.3) is 5.24 Å². The van der Waals surface area contributed by atoms with Crippen molar-refractivity contribution in [3.63, 3.8) is 0 Å². The molecule has 29 heavy (non-hydrogen) atoms. The Morgan fingerprint density at radius 2 is 1.83 bits per heavy atom. The first-order chi connectivity index (χ1) is 13.9. The van der Waals surface area contributed by atoms with E-state index in [1.54, 1.807) is 0 Å². The van der Waals surface area contributed by atoms with Crippen molar-refractivity contribution in [2.45, 2.75) is 97.8 Å². The highest BCUT2D eigenvalue weighted by atomic mass is 32.2. The molecule has 4 aliphatic rings. The zero-order chi connectivity index (χ0) is 20.6. The summed E-state index contributed by atoms with van der Waals surface area (Å²) in [5.41, 5.74) is 1.18. The Morgan fingerprint density at radius 1 is 1.03 bits per heavy atom. The van der Waals surface area contributed by atoms with E-state index < -0.39 is 0 Å². The van der Waals surface area contributed by atoms with Crippen LogP contribution in [0.5, 0.6) is 0 Å². The van der Waals surface area contributed by atoms with Gasteiger partial charge >= 0.3 is 0 Å². The number of carbonyl (C=O) groups is 1. The van der Waals surface area contributed by atoms with Crippen molar-refractivity contribution in [2.75, 3.05) is 6.54 Å². The summed E-state index contributed by atoms with van der Waals surface area (Å²) in [5, 5.41) is 8.17. The van der Waals surface area contributed by atoms with Crippen LogP contribution in [-0.2, 0) is 0 Å². The quantitative estimate of drug-likeness (QED) is 0.381. The molecule has 4 saturated carbocycles. The molecule has 0 spiro atoms. The van der Waals surface area contributed by atoms with Crippen molar-refractivity contribution in [3.05, 3.63) is 0 Å². The van der Waals surface area contributed by atoms with Crippen LogP contribution in [0.2, 0.25) is 0 Å². The minimum atomic E-state index is -0.0934. The summed E-state index contributed by atoms with van der Waals surface area (Å²) < 4.78 is 0. The Kier molecular flexibility index (Phi) is 6.62. The van der Waals surface area contributed by atoms with Crippen molar-refractivity contribution >= 4 is 17.2 Å². The van der Waals surface area contributed by atoms with Crippen molar-refractivity contribution in [1.29, 1.82) is 0 Å². The van der Waals surface area contributed by atoms with Crippen LogP contribution in [0.3, 0.4) is 0 Å². The third-order valence-electron chi connectivity index (χ3n) is 10.6. The molecule has 3 N–H and O–H groups in total. The lowest BCUT2D eigenvalue weighted by molar-refractivity contribution is -0.135. The van der Waals surface area contributed by atoms with Gasteiger partial charge in [-0.3, -0.25) is 9.93 Å². The first-order valence-corrected chi connectivity index (χ1v) is 13.5. The molecule has 0 radical (unpaired) electrons. The molecule has 0 heterocycles. The molecule has 0 saturated heterocycles. The van der Waals surface area contributed by atoms with Crippen LogP contribution in [0.25, 0.3) is 0 Å². The van der Waals surface area contributed by atoms with E-state index in [2.05, 4.69) is 26.1 Å². The van der Waals surface area contributed by atoms with E-state index in [-0.39, 0.29) is 5.24 Å². The fourth-order valence-electron chi connectivity index (χ4n) is 9.18. The normalized spacial score (nSPS) is 46.5. The maximum absolute atomic E-state index is 11.4. The highest BCUT2D eigenvalue weighted by Crippen LogP contribution is 2.69. The van der Waals surface area contributed by atoms with Gasteiger partial charge in [0, 0.05) is 18.5 Å². The molecule has 166 valence electrons. The second-order valence-electron chi connectivity index (χ2n) is 11.4. The minimum absolute atomic E-state index is 0.0934. The summed E-state index contributed by atoms with van der Waals surface area (Å²) in [5.74, 6) is 5.77. The standard InChI is InChI=1S/C25H44N2OS/c1-4-17-16-19-21-11-10-18(8-7-15-27-23(28)29-26)24(21,2)14-12-22(19)25(3)13-6-5-9-20(17)25/h17-22H,4-16,26H2,1-3H3,(H,27,28)/t17-,18?,19?,20?,21?,22-,24?,25?/m0/s1. The molecule has 0 aromatic carbocycles. The van der Waals surface area contributed by atoms with E-state index in [9.17, 15) is 4.79 Å². The largest absolute Gasteiger partial charge is 0.346 e. The monoisotopic (exact) mass is 420 g/mol. The number of nitrogens with one attached hydrogen (secondary N) is 1. The minimum Gasteiger partial charge on any atom is -0.346 e. The predicted octanol–water partition coefficient (Wildman–Crippen LogP) is 6.77. The van der Waals surface area contributed by atoms with Gasteiger partial charge < -0.3 is 5.32 Å². The molecule has 4 aliphatic carbocycles. The van der Waals surface area contributed by atoms with E-state index in [0.717, 1.165) is 60.4 Å². The van der Waals surface area contributed by atoms with Gasteiger partial charge in [0.05, 0.1) is 0 Å². The summed E-state index contributed by atoms with van der Waals surface area (Å²) in [7, 11) is 0. The molecule has 4 fully saturated rings. The Bertz CT molecular complexity index is 597. The number of hydrogen-bond acceptors (Lipinski definition) is 3. The summed E-state index contributed by atoms with van der Waals surface area (Å²) in [6.07, 6.45) is 17.1. The molecule has 0 aromatic rings. The number of hydrogen-bond donors (Lipinski definition) is 2. The van der Waals surface area contributed by atoms with Gasteiger partial charge in [-0.25, -0.2) is 0 Å². The number of fused-ring (bicyclic) bond motifs is 5. The van der Waals surface area contributed by atoms with Gasteiger partial charge in [-0.1, -0.05) is 40.0 Å². The zero-order valence-corrected chi connectivity index (χ0v) is 19.9. The second kappa shape index (κ2) is 8.73. The fourth-order valence-corrected chi connectivity index (χ4v) is 9.37. The Morgan fingerprint density at radius 3 is 2.59 bits per heavy atom. The third kappa shape index (κ3) is 3.79. The fraction of sp³-hybridized carbons (Fsp3) is 0.960. The van der Waals surface area contributed by atoms with E-state index in [1.165, 1.54) is 70.6 Å². The molecule has 4 rings (SSSR count). The number of amides is 1. The highest BCUT2D eigenvalue weighted by Gasteiger charge is 2.60. The lowest BCUT2D eigenvalue weighted by atomic mass is 9.42. The molecule has 6 unspecified atom stereocenters. The Hall–Kier alpha value is -0.220. The first kappa shape index (κ1) is 22.0. The molecule has 0 aliphatic heterocycles. The molecule has 0 bridgehead atoms. The van der Waals surface area contributed by atoms with Crippen molar-refractivity contribution < 1.29 is 4.79 Å². The molecule has 3 nitrogen and oxygen atoms in total. The number of carbonyl (C=O) groups excluding carboxylic acids is 1. The van der Waals surface area contributed by atoms with Crippen LogP contribution in [0.15, 0.2) is 0 Å². The maximum atomic E-state index is 11.4. The van der Waals surface area contributed by atoms with E-state index in [4.69, 9.17) is 5.14 Å². The maximum Gasteiger partial charge on any atom is 0.293 e. The van der Waals surface area contributed by atoms with Crippen LogP contribution in [0, 0.1) is 46.3 Å². The topological polar surface area (TPSA) is 55.1 Å². The Balaban J connectivity index is 1.45. The summed E-state index contributed by atoms with van der Waals surface area (Å²) in [6, 6.07) is 0. The molecule has 4 heteroatoms. The van der Waals surface area contributed by atoms with Crippen LogP contribution in [-0.4, -0.2) is 11.8 Å². The van der Waals surface area contributed by atoms with E-state index >= 15 is 0 Å². The average molecular weight is 421 g/mol. The van der Waals surface area contributed by atoms with Crippen molar-refractivity contribution in [2.24, 2.45) is 51.5 Å². The van der Waals surface area contributed by atoms with Crippen LogP contribution in [0.4, 0.5) is 4.79 Å². The predicted molar refractivity (Wildman–Crippen MR) is 123 cm³/mol. The average Bonchev–Trinajstić information content (AvgIpc) is 3.06. The van der Waals surface area contributed by atoms with E-state index in [0.29, 0.717) is 10.8 Å². The highest BCUT2D eigenvalue weighted by molar-refractivity contribution is 8.11. The van der Waals surface area contributed by atoms with Gasteiger partial charge in [0.2, 0.25) is 0 Å². The summed E-state index contributed by atoms with van der Waals surface area (Å²) in [6.45, 7) is 8.61. The smallest absolute Gasteiger partial charge is 0.293 e. The third-order valence-corrected chi connectivity index (χ3v) is 10.9. The van der Waals surface area contributed by atoms with Crippen LogP contribution in [0.1, 0.15) is 97.8 Å². The van der Waals surface area contributed by atoms with Gasteiger partial charge in [0.1, 0.15) is 0 Å². The van der Waals surface area contributed by atoms with Crippen molar-refractivity contribution in [1.82, 2.24) is 5.32 Å². The molecule has 0 aromatic heterocycles. The van der Waals surface area contributed by atoms with Gasteiger partial charge in [-0.05, 0) is 104 Å². The molecular weight excluding hydrogens is 376 g/mol. The van der Waals surface area contributed by atoms with Gasteiger partial charge in [0.15, 0.2) is 0 Å². The summed E-state index contributed by atoms with van der Waals surface area (Å²) in [4.78, 5) is 11.4. The molecule has 8 atom stereocenters.